The molecule has 1 fully saturated rings. The molecule has 1 heterocycles. The van der Waals surface area contributed by atoms with Gasteiger partial charge in [-0.3, -0.25) is 43.3 Å². The molecule has 1 saturated heterocycles. The van der Waals surface area contributed by atoms with Gasteiger partial charge >= 0.3 is 5.97 Å². The van der Waals surface area contributed by atoms with Gasteiger partial charge in [0.2, 0.25) is 35.4 Å². The van der Waals surface area contributed by atoms with E-state index < -0.39 is 132 Å². The largest absolute Gasteiger partial charge is 0.477 e. The highest BCUT2D eigenvalue weighted by Gasteiger charge is 2.38. The van der Waals surface area contributed by atoms with Gasteiger partial charge in [0.25, 0.3) is 11.8 Å². The van der Waals surface area contributed by atoms with Gasteiger partial charge in [-0.15, -0.1) is 0 Å². The minimum atomic E-state index is -1.65. The van der Waals surface area contributed by atoms with Crippen LogP contribution in [0.1, 0.15) is 83.1 Å². The highest BCUT2D eigenvalue weighted by Crippen LogP contribution is 2.20. The Morgan fingerprint density at radius 2 is 1.44 bits per heavy atom. The van der Waals surface area contributed by atoms with Crippen LogP contribution < -0.4 is 72.0 Å². The van der Waals surface area contributed by atoms with Crippen LogP contribution in [-0.4, -0.2) is 168 Å². The van der Waals surface area contributed by atoms with Gasteiger partial charge in [0.05, 0.1) is 18.7 Å². The molecule has 27 nitrogen and oxygen atoms in total. The fourth-order valence-corrected chi connectivity index (χ4v) is 7.47. The molecule has 0 aromatic heterocycles. The lowest BCUT2D eigenvalue weighted by molar-refractivity contribution is -0.137. The van der Waals surface area contributed by atoms with Gasteiger partial charge in [-0.05, 0) is 108 Å². The van der Waals surface area contributed by atoms with Crippen molar-refractivity contribution in [3.05, 3.63) is 47.2 Å². The molecule has 418 valence electrons. The van der Waals surface area contributed by atoms with E-state index in [1.807, 2.05) is 0 Å². The van der Waals surface area contributed by atoms with Crippen LogP contribution in [0.2, 0.25) is 0 Å². The van der Waals surface area contributed by atoms with E-state index >= 15 is 0 Å². The Morgan fingerprint density at radius 1 is 0.800 bits per heavy atom. The molecule has 1 aliphatic heterocycles. The number of carboxylic acid groups (broad SMARTS) is 1. The summed E-state index contributed by atoms with van der Waals surface area (Å²) in [6.07, 6.45) is 1.34. The molecule has 1 aromatic carbocycles. The van der Waals surface area contributed by atoms with Crippen LogP contribution in [0.3, 0.4) is 0 Å². The van der Waals surface area contributed by atoms with Gasteiger partial charge in [-0.25, -0.2) is 18.6 Å². The number of aliphatic carboxylic acids is 1. The maximum atomic E-state index is 14.4. The second kappa shape index (κ2) is 33.7. The van der Waals surface area contributed by atoms with Crippen LogP contribution in [0, 0.1) is 11.6 Å². The van der Waals surface area contributed by atoms with Gasteiger partial charge < -0.3 is 87.1 Å². The van der Waals surface area contributed by atoms with Gasteiger partial charge in [0.1, 0.15) is 53.3 Å². The number of carboxylic acids is 1. The van der Waals surface area contributed by atoms with E-state index in [1.54, 1.807) is 0 Å². The number of aliphatic hydroxyl groups is 1. The van der Waals surface area contributed by atoms with E-state index in [-0.39, 0.29) is 94.8 Å². The van der Waals surface area contributed by atoms with Gasteiger partial charge in [-0.2, -0.15) is 0 Å². The Balaban J connectivity index is 2.33. The normalized spacial score (nSPS) is 16.0. The molecule has 1 aromatic rings. The summed E-state index contributed by atoms with van der Waals surface area (Å²) in [7, 11) is 0. The van der Waals surface area contributed by atoms with Crippen molar-refractivity contribution in [3.8, 4) is 0 Å². The molecular weight excluding hydrogens is 991 g/mol. The summed E-state index contributed by atoms with van der Waals surface area (Å²) >= 11 is 0. The first-order valence-electron chi connectivity index (χ1n) is 24.5. The molecule has 75 heavy (non-hydrogen) atoms. The standard InChI is InChI=1S/C46H74F2N16O11/c1-25(58-43(72)37(35(65)23-52)63-39(68)29(53)9-2-4-14-49)38(67)57-24-36(66)59-31(11-6-16-51)44(73)64-18-8-13-34(64)42(71)62-33(21-26-19-27(47)22-28(48)20-26)41(70)60-30(10-3-5-15-50)40(69)61-32(45(74)75)12-7-17-56-46(54)55/h12,19-20,22,25,29-30,33-35,37,65H,2-11,13-18,21,23-24,49-53H2,1H3,(H,57,67)(H,58,72)(H,60,70)(H,61,69)(H,62,71)(H,63,68)(H,74,75)(H4,54,55,56)/b32-12-,59-31?/t25-,29-,30-,33-,34-,35-,37-/m0/s1. The lowest BCUT2D eigenvalue weighted by Crippen LogP contribution is -2.60. The van der Waals surface area contributed by atoms with Crippen molar-refractivity contribution < 1.29 is 62.1 Å². The highest BCUT2D eigenvalue weighted by molar-refractivity contribution is 6.40. The number of rotatable bonds is 33. The zero-order valence-corrected chi connectivity index (χ0v) is 42.0. The maximum absolute atomic E-state index is 14.4. The molecule has 29 heteroatoms. The van der Waals surface area contributed by atoms with Crippen LogP contribution in [0.15, 0.2) is 40.0 Å². The number of likely N-dealkylation sites (tertiary alicyclic amines) is 1. The lowest BCUT2D eigenvalue weighted by Gasteiger charge is -2.28. The number of unbranched alkanes of at least 4 members (excludes halogenated alkanes) is 2. The fraction of sp³-hybridized carbons (Fsp3) is 0.587. The molecule has 8 amide bonds. The van der Waals surface area contributed by atoms with Gasteiger partial charge in [-0.1, -0.05) is 12.5 Å². The number of halogens is 2. The first-order chi connectivity index (χ1) is 35.6. The number of carbonyl (C=O) groups is 9. The molecule has 0 aliphatic carbocycles. The minimum Gasteiger partial charge on any atom is -0.477 e. The smallest absolute Gasteiger partial charge is 0.352 e. The van der Waals surface area contributed by atoms with E-state index in [0.717, 1.165) is 23.1 Å². The number of aliphatic hydroxyl groups excluding tert-OH is 1. The van der Waals surface area contributed by atoms with E-state index in [2.05, 4.69) is 41.9 Å². The third-order valence-electron chi connectivity index (χ3n) is 11.5. The van der Waals surface area contributed by atoms with Crippen molar-refractivity contribution in [3.63, 3.8) is 0 Å². The average molecular weight is 1070 g/mol. The number of hydrogen-bond acceptors (Lipinski definition) is 16. The number of nitrogens with one attached hydrogen (secondary N) is 6. The molecule has 1 aliphatic rings. The quantitative estimate of drug-likeness (QED) is 0.0136. The summed E-state index contributed by atoms with van der Waals surface area (Å²) in [6, 6.07) is -5.90. The van der Waals surface area contributed by atoms with Crippen LogP contribution in [0.4, 0.5) is 8.78 Å². The summed E-state index contributed by atoms with van der Waals surface area (Å²) in [5.41, 5.74) is 38.0. The predicted octanol–water partition coefficient (Wildman–Crippen LogP) is -5.07. The monoisotopic (exact) mass is 1060 g/mol. The van der Waals surface area contributed by atoms with Crippen molar-refractivity contribution in [2.75, 3.05) is 45.8 Å². The molecule has 0 saturated carbocycles. The highest BCUT2D eigenvalue weighted by atomic mass is 19.1. The van der Waals surface area contributed by atoms with Crippen molar-refractivity contribution in [2.24, 2.45) is 50.1 Å². The van der Waals surface area contributed by atoms with E-state index in [9.17, 15) is 62.1 Å². The summed E-state index contributed by atoms with van der Waals surface area (Å²) in [6.45, 7) is 0.637. The SMILES string of the molecule is C[C@H](NC(=O)[C@@H](NC(=O)[C@@H](N)CCCCN)[C@@H](O)CN)C(=O)NCC(=O)N=C(CCCN)C(=O)N1CCC[C@H]1C(=O)N[C@@H](Cc1cc(F)cc(F)c1)C(=O)N[C@@H](CCCCN)C(=O)N/C(=C\CCN=C(N)N)C(=O)O. The van der Waals surface area contributed by atoms with Gasteiger partial charge in [0, 0.05) is 32.1 Å². The summed E-state index contributed by atoms with van der Waals surface area (Å²) in [5.74, 6) is -11.2. The third-order valence-corrected chi connectivity index (χ3v) is 11.5. The van der Waals surface area contributed by atoms with Gasteiger partial charge in [0.15, 0.2) is 5.96 Å². The molecule has 0 bridgehead atoms. The number of carbonyl (C=O) groups excluding carboxylic acids is 8. The Hall–Kier alpha value is -7.05. The Labute approximate surface area is 432 Å². The Bertz CT molecular complexity index is 2210. The molecule has 0 radical (unpaired) electrons. The minimum absolute atomic E-state index is 0.00267. The summed E-state index contributed by atoms with van der Waals surface area (Å²) in [5, 5.41) is 34.4. The number of amides is 8. The van der Waals surface area contributed by atoms with Crippen LogP contribution in [0.25, 0.3) is 0 Å². The fourth-order valence-electron chi connectivity index (χ4n) is 7.47. The topological polar surface area (TPSA) is 476 Å². The number of benzene rings is 1. The molecule has 22 N–H and O–H groups in total. The first kappa shape index (κ1) is 64.1. The zero-order chi connectivity index (χ0) is 56.2. The van der Waals surface area contributed by atoms with Crippen molar-refractivity contribution in [1.82, 2.24) is 36.8 Å². The Morgan fingerprint density at radius 3 is 2.04 bits per heavy atom. The average Bonchev–Trinajstić information content (AvgIpc) is 3.86. The van der Waals surface area contributed by atoms with Crippen LogP contribution in [-0.2, 0) is 49.6 Å². The molecule has 7 atom stereocenters. The molecule has 2 rings (SSSR count). The first-order valence-corrected chi connectivity index (χ1v) is 24.5. The van der Waals surface area contributed by atoms with Crippen LogP contribution >= 0.6 is 0 Å². The molecule has 0 spiro atoms. The van der Waals surface area contributed by atoms with E-state index in [4.69, 9.17) is 40.1 Å². The number of guanidine groups is 1. The number of aliphatic imine (C=N–C) groups is 2. The van der Waals surface area contributed by atoms with Crippen LogP contribution in [0.5, 0.6) is 0 Å². The Kier molecular flexibility index (Phi) is 28.8. The van der Waals surface area contributed by atoms with Crippen molar-refractivity contribution >= 4 is 64.9 Å². The van der Waals surface area contributed by atoms with Crippen molar-refractivity contribution in [2.45, 2.75) is 126 Å². The lowest BCUT2D eigenvalue weighted by atomic mass is 10.0. The van der Waals surface area contributed by atoms with E-state index in [1.165, 1.54) is 6.92 Å². The second-order valence-electron chi connectivity index (χ2n) is 17.5. The second-order valence-corrected chi connectivity index (χ2v) is 17.5. The number of nitrogens with zero attached hydrogens (tertiary/aromatic N) is 3. The third kappa shape index (κ3) is 22.9. The number of hydrogen-bond donors (Lipinski definition) is 15. The zero-order valence-electron chi connectivity index (χ0n) is 42.0. The van der Waals surface area contributed by atoms with E-state index in [0.29, 0.717) is 31.9 Å². The predicted molar refractivity (Wildman–Crippen MR) is 270 cm³/mol. The maximum Gasteiger partial charge on any atom is 0.352 e. The summed E-state index contributed by atoms with van der Waals surface area (Å²) < 4.78 is 28.8. The van der Waals surface area contributed by atoms with Crippen molar-refractivity contribution in [1.29, 1.82) is 0 Å². The molecule has 0 unspecified atom stereocenters. The number of nitrogens with two attached hydrogens (primary N) is 7. The summed E-state index contributed by atoms with van der Waals surface area (Å²) in [4.78, 5) is 129. The molecular formula is C46H74F2N16O11.